The third-order valence-corrected chi connectivity index (χ3v) is 9.51. The van der Waals surface area contributed by atoms with Crippen LogP contribution in [0.1, 0.15) is 130 Å². The van der Waals surface area contributed by atoms with Crippen LogP contribution in [0.4, 0.5) is 0 Å². The fourth-order valence-electron chi connectivity index (χ4n) is 5.71. The first-order valence-corrected chi connectivity index (χ1v) is 17.9. The van der Waals surface area contributed by atoms with E-state index in [2.05, 4.69) is 220 Å². The summed E-state index contributed by atoms with van der Waals surface area (Å²) in [4.78, 5) is 0. The van der Waals surface area contributed by atoms with Gasteiger partial charge in [0.05, 0.1) is 0 Å². The third-order valence-electron chi connectivity index (χ3n) is 9.51. The largest absolute Gasteiger partial charge is 0.0776 e. The summed E-state index contributed by atoms with van der Waals surface area (Å²) < 4.78 is 0. The van der Waals surface area contributed by atoms with E-state index in [1.54, 1.807) is 0 Å². The molecule has 0 heteroatoms. The quantitative estimate of drug-likeness (QED) is 0.175. The molecule has 0 radical (unpaired) electrons. The highest BCUT2D eigenvalue weighted by Crippen LogP contribution is 2.32. The fraction of sp³-hybridized carbons (Fsp3) is 0.400. The average molecular weight is 671 g/mol. The summed E-state index contributed by atoms with van der Waals surface area (Å²) in [7, 11) is 0. The molecular weight excluding hydrogens is 601 g/mol. The highest BCUT2D eigenvalue weighted by Gasteiger charge is 2.23. The monoisotopic (exact) mass is 671 g/mol. The Morgan fingerprint density at radius 2 is 0.720 bits per heavy atom. The van der Waals surface area contributed by atoms with Crippen LogP contribution in [0.5, 0.6) is 0 Å². The highest BCUT2D eigenvalue weighted by atomic mass is 14.3. The second-order valence-corrected chi connectivity index (χ2v) is 16.6. The molecule has 50 heavy (non-hydrogen) atoms. The van der Waals surface area contributed by atoms with Gasteiger partial charge in [0.1, 0.15) is 0 Å². The lowest BCUT2D eigenvalue weighted by Gasteiger charge is -2.26. The Balaban J connectivity index is 0.000000346. The van der Waals surface area contributed by atoms with Crippen LogP contribution in [0.25, 0.3) is 0 Å². The van der Waals surface area contributed by atoms with E-state index >= 15 is 0 Å². The van der Waals surface area contributed by atoms with E-state index in [-0.39, 0.29) is 23.7 Å². The van der Waals surface area contributed by atoms with Crippen molar-refractivity contribution in [3.63, 3.8) is 0 Å². The molecule has 0 nitrogen and oxygen atoms in total. The molecule has 0 atom stereocenters. The van der Waals surface area contributed by atoms with Gasteiger partial charge in [-0.25, -0.2) is 0 Å². The molecular formula is C50H70. The van der Waals surface area contributed by atoms with Gasteiger partial charge in [-0.2, -0.15) is 0 Å². The molecule has 0 spiro atoms. The molecule has 0 aliphatic heterocycles. The number of benzene rings is 5. The van der Waals surface area contributed by atoms with Crippen LogP contribution in [0, 0.1) is 55.4 Å². The predicted octanol–water partition coefficient (Wildman–Crippen LogP) is 14.8. The topological polar surface area (TPSA) is 0 Å². The van der Waals surface area contributed by atoms with Crippen molar-refractivity contribution in [2.24, 2.45) is 0 Å². The lowest BCUT2D eigenvalue weighted by molar-refractivity contribution is 0.566. The van der Waals surface area contributed by atoms with Gasteiger partial charge in [-0.3, -0.25) is 0 Å². The van der Waals surface area contributed by atoms with E-state index in [1.165, 1.54) is 66.8 Å². The fourth-order valence-corrected chi connectivity index (χ4v) is 5.71. The highest BCUT2D eigenvalue weighted by molar-refractivity contribution is 5.40. The van der Waals surface area contributed by atoms with Gasteiger partial charge < -0.3 is 0 Å². The zero-order valence-corrected chi connectivity index (χ0v) is 33.9. The van der Waals surface area contributed by atoms with E-state index < -0.39 is 0 Å². The van der Waals surface area contributed by atoms with Gasteiger partial charge in [-0.1, -0.05) is 194 Å². The predicted molar refractivity (Wildman–Crippen MR) is 226 cm³/mol. The van der Waals surface area contributed by atoms with Gasteiger partial charge >= 0.3 is 0 Å². The minimum Gasteiger partial charge on any atom is -0.0776 e. The van der Waals surface area contributed by atoms with Crippen molar-refractivity contribution in [2.75, 3.05) is 0 Å². The molecule has 0 aliphatic rings. The molecule has 0 saturated heterocycles. The van der Waals surface area contributed by atoms with Gasteiger partial charge in [0.2, 0.25) is 0 Å². The Morgan fingerprint density at radius 1 is 0.340 bits per heavy atom. The van der Waals surface area contributed by atoms with Gasteiger partial charge in [0.25, 0.3) is 0 Å². The first-order valence-electron chi connectivity index (χ1n) is 17.9. The van der Waals surface area contributed by atoms with Crippen molar-refractivity contribution in [1.29, 1.82) is 0 Å². The maximum absolute atomic E-state index is 2.37. The van der Waals surface area contributed by atoms with E-state index in [0.29, 0.717) is 0 Å². The molecule has 270 valence electrons. The number of aryl methyl sites for hydroxylation is 7. The standard InChI is InChI=1S/C17H20.C15H24.C9H12.C8H10.CH4/c1-13-5-9-15(10-6-13)17(3,4)16-11-7-14(2)8-12-16;1-11-8-9-12(14(2,3)4)10-13(11)15(5,6)7;1-7-5-4-6-8(2)9(7)3;1-7-4-3-5-8(2)6-7;/h5-12H,1-4H3;8-10H,1-7H3;4-6H,1-3H3;3-6H,1-2H3;1H4. The maximum Gasteiger partial charge on any atom is 0.0146 e. The third kappa shape index (κ3) is 13.8. The van der Waals surface area contributed by atoms with Gasteiger partial charge in [0, 0.05) is 5.41 Å². The Labute approximate surface area is 309 Å². The van der Waals surface area contributed by atoms with Crippen molar-refractivity contribution in [3.8, 4) is 0 Å². The van der Waals surface area contributed by atoms with Crippen molar-refractivity contribution in [3.05, 3.63) is 176 Å². The van der Waals surface area contributed by atoms with Gasteiger partial charge in [-0.05, 0) is 111 Å². The van der Waals surface area contributed by atoms with E-state index in [4.69, 9.17) is 0 Å². The molecule has 0 heterocycles. The molecule has 0 bridgehead atoms. The van der Waals surface area contributed by atoms with E-state index in [9.17, 15) is 0 Å². The second-order valence-electron chi connectivity index (χ2n) is 16.6. The van der Waals surface area contributed by atoms with Crippen LogP contribution in [0.3, 0.4) is 0 Å². The molecule has 5 aromatic carbocycles. The number of rotatable bonds is 2. The van der Waals surface area contributed by atoms with E-state index in [0.717, 1.165) is 0 Å². The summed E-state index contributed by atoms with van der Waals surface area (Å²) in [5.41, 5.74) is 17.1. The minimum atomic E-state index is 0. The van der Waals surface area contributed by atoms with Crippen molar-refractivity contribution >= 4 is 0 Å². The first-order chi connectivity index (χ1) is 22.6. The summed E-state index contributed by atoms with van der Waals surface area (Å²) in [5, 5.41) is 0. The molecule has 0 aromatic heterocycles. The van der Waals surface area contributed by atoms with Crippen LogP contribution < -0.4 is 0 Å². The van der Waals surface area contributed by atoms with Crippen LogP contribution in [0.15, 0.2) is 109 Å². The zero-order valence-electron chi connectivity index (χ0n) is 33.9. The normalized spacial score (nSPS) is 11.0. The molecule has 0 aliphatic carbocycles. The molecule has 0 fully saturated rings. The van der Waals surface area contributed by atoms with Crippen LogP contribution in [-0.4, -0.2) is 0 Å². The average Bonchev–Trinajstić information content (AvgIpc) is 3.00. The van der Waals surface area contributed by atoms with Crippen molar-refractivity contribution < 1.29 is 0 Å². The SMILES string of the molecule is C.Cc1ccc(C(C)(C)C)cc1C(C)(C)C.Cc1ccc(C(C)(C)c2ccc(C)cc2)cc1.Cc1cccc(C)c1.Cc1cccc(C)c1C. The first kappa shape index (κ1) is 44.1. The second kappa shape index (κ2) is 18.9. The summed E-state index contributed by atoms with van der Waals surface area (Å²) in [6.07, 6.45) is 0. The summed E-state index contributed by atoms with van der Waals surface area (Å²) in [6.45, 7) is 35.3. The lowest BCUT2D eigenvalue weighted by atomic mass is 9.78. The molecule has 0 saturated carbocycles. The van der Waals surface area contributed by atoms with Gasteiger partial charge in [0.15, 0.2) is 0 Å². The summed E-state index contributed by atoms with van der Waals surface area (Å²) in [5.74, 6) is 0. The molecule has 0 unspecified atom stereocenters. The lowest BCUT2D eigenvalue weighted by Crippen LogP contribution is -2.18. The Morgan fingerprint density at radius 3 is 1.04 bits per heavy atom. The number of hydrogen-bond donors (Lipinski definition) is 0. The number of hydrogen-bond acceptors (Lipinski definition) is 0. The summed E-state index contributed by atoms with van der Waals surface area (Å²) in [6, 6.07) is 39.4. The molecule has 5 rings (SSSR count). The van der Waals surface area contributed by atoms with Crippen molar-refractivity contribution in [1.82, 2.24) is 0 Å². The smallest absolute Gasteiger partial charge is 0.0146 e. The zero-order chi connectivity index (χ0) is 37.2. The Kier molecular flexibility index (Phi) is 16.7. The molecule has 5 aromatic rings. The van der Waals surface area contributed by atoms with E-state index in [1.807, 2.05) is 0 Å². The van der Waals surface area contributed by atoms with Crippen molar-refractivity contribution in [2.45, 2.75) is 134 Å². The Hall–Kier alpha value is -3.90. The summed E-state index contributed by atoms with van der Waals surface area (Å²) >= 11 is 0. The van der Waals surface area contributed by atoms with Crippen LogP contribution in [-0.2, 0) is 16.2 Å². The maximum atomic E-state index is 2.37. The van der Waals surface area contributed by atoms with Gasteiger partial charge in [-0.15, -0.1) is 0 Å². The van der Waals surface area contributed by atoms with Crippen LogP contribution >= 0.6 is 0 Å². The Bertz CT molecular complexity index is 1650. The molecule has 0 amide bonds. The van der Waals surface area contributed by atoms with Crippen LogP contribution in [0.2, 0.25) is 0 Å². The minimum absolute atomic E-state index is 0. The molecule has 0 N–H and O–H groups in total.